The van der Waals surface area contributed by atoms with Crippen LogP contribution >= 0.6 is 0 Å². The Kier molecular flexibility index (Phi) is 7.27. The Labute approximate surface area is 171 Å². The molecule has 1 atom stereocenters. The number of nitrogens with zero attached hydrogens (tertiary/aromatic N) is 2. The van der Waals surface area contributed by atoms with Crippen molar-refractivity contribution in [3.05, 3.63) is 30.3 Å². The molecule has 7 nitrogen and oxygen atoms in total. The lowest BCUT2D eigenvalue weighted by Crippen LogP contribution is -2.29. The average molecular weight is 399 g/mol. The quantitative estimate of drug-likeness (QED) is 0.616. The summed E-state index contributed by atoms with van der Waals surface area (Å²) in [6, 6.07) is 8.59. The zero-order valence-electron chi connectivity index (χ0n) is 17.0. The molecule has 2 amide bonds. The molecule has 1 unspecified atom stereocenters. The minimum absolute atomic E-state index is 0.0302. The van der Waals surface area contributed by atoms with E-state index in [1.807, 2.05) is 4.90 Å². The van der Waals surface area contributed by atoms with Gasteiger partial charge in [-0.2, -0.15) is 5.10 Å². The topological polar surface area (TPSA) is 98.3 Å². The minimum atomic E-state index is -0.0302. The van der Waals surface area contributed by atoms with Gasteiger partial charge in [-0.15, -0.1) is 0 Å². The first-order chi connectivity index (χ1) is 14.0. The van der Waals surface area contributed by atoms with Crippen molar-refractivity contribution in [1.82, 2.24) is 15.1 Å². The van der Waals surface area contributed by atoms with Gasteiger partial charge in [-0.3, -0.25) is 14.7 Å². The number of anilines is 1. The van der Waals surface area contributed by atoms with Gasteiger partial charge in [0, 0.05) is 32.5 Å². The number of carbonyl (C=O) groups is 2. The second-order valence-corrected chi connectivity index (χ2v) is 7.81. The Bertz CT molecular complexity index is 816. The molecule has 1 aromatic heterocycles. The maximum absolute atomic E-state index is 12.2. The molecule has 1 saturated heterocycles. The van der Waals surface area contributed by atoms with Gasteiger partial charge in [-0.05, 0) is 61.4 Å². The predicted octanol–water partition coefficient (Wildman–Crippen LogP) is 3.93. The number of likely N-dealkylation sites (tertiary alicyclic amines) is 1. The first-order valence-corrected chi connectivity index (χ1v) is 10.4. The van der Waals surface area contributed by atoms with Crippen LogP contribution in [-0.2, 0) is 9.59 Å². The number of aromatic nitrogens is 2. The van der Waals surface area contributed by atoms with Crippen molar-refractivity contribution in [2.75, 3.05) is 18.4 Å². The van der Waals surface area contributed by atoms with Gasteiger partial charge in [-0.1, -0.05) is 12.8 Å². The van der Waals surface area contributed by atoms with Gasteiger partial charge < -0.3 is 15.3 Å². The number of aromatic hydroxyl groups is 1. The van der Waals surface area contributed by atoms with E-state index in [1.165, 1.54) is 6.42 Å². The van der Waals surface area contributed by atoms with Gasteiger partial charge in [0.2, 0.25) is 11.8 Å². The number of nitrogens with one attached hydrogen (secondary N) is 2. The summed E-state index contributed by atoms with van der Waals surface area (Å²) in [6.45, 7) is 3.39. The number of hydrogen-bond donors (Lipinski definition) is 3. The fraction of sp³-hybridized carbons (Fsp3) is 0.500. The third-order valence-electron chi connectivity index (χ3n) is 5.58. The van der Waals surface area contributed by atoms with Crippen molar-refractivity contribution >= 4 is 17.6 Å². The lowest BCUT2D eigenvalue weighted by atomic mass is 9.94. The minimum Gasteiger partial charge on any atom is -0.508 e. The van der Waals surface area contributed by atoms with Crippen LogP contribution in [-0.4, -0.2) is 45.1 Å². The number of hydrogen-bond acceptors (Lipinski definition) is 4. The molecule has 2 heterocycles. The van der Waals surface area contributed by atoms with Crippen LogP contribution in [0.15, 0.2) is 30.3 Å². The van der Waals surface area contributed by atoms with E-state index in [1.54, 1.807) is 37.3 Å². The van der Waals surface area contributed by atoms with Gasteiger partial charge in [0.15, 0.2) is 5.82 Å². The molecule has 3 rings (SSSR count). The number of phenolic OH excluding ortho intramolecular Hbond substituents is 1. The first-order valence-electron chi connectivity index (χ1n) is 10.4. The van der Waals surface area contributed by atoms with Crippen molar-refractivity contribution in [2.45, 2.75) is 51.9 Å². The zero-order valence-corrected chi connectivity index (χ0v) is 17.0. The Hall–Kier alpha value is -2.83. The van der Waals surface area contributed by atoms with Gasteiger partial charge in [0.25, 0.3) is 0 Å². The number of H-pyrrole nitrogens is 1. The number of amides is 2. The van der Waals surface area contributed by atoms with E-state index in [0.717, 1.165) is 56.5 Å². The molecule has 0 spiro atoms. The van der Waals surface area contributed by atoms with Crippen molar-refractivity contribution in [2.24, 2.45) is 5.92 Å². The molecular weight excluding hydrogens is 368 g/mol. The molecule has 1 aromatic carbocycles. The maximum Gasteiger partial charge on any atom is 0.225 e. The molecule has 7 heteroatoms. The summed E-state index contributed by atoms with van der Waals surface area (Å²) in [5.41, 5.74) is 1.68. The molecule has 156 valence electrons. The highest BCUT2D eigenvalue weighted by Crippen LogP contribution is 2.24. The highest BCUT2D eigenvalue weighted by Gasteiger charge is 2.18. The van der Waals surface area contributed by atoms with Crippen LogP contribution in [0.2, 0.25) is 0 Å². The summed E-state index contributed by atoms with van der Waals surface area (Å²) in [4.78, 5) is 25.6. The molecule has 1 fully saturated rings. The number of aromatic amines is 1. The zero-order chi connectivity index (χ0) is 20.6. The van der Waals surface area contributed by atoms with Crippen LogP contribution in [0.25, 0.3) is 11.3 Å². The number of phenols is 1. The highest BCUT2D eigenvalue weighted by atomic mass is 16.3. The summed E-state index contributed by atoms with van der Waals surface area (Å²) in [7, 11) is 0. The standard InChI is InChI=1S/C22H30N4O3/c1-16(27)26-13-4-6-17(12-14-26)5-2-3-7-22(29)23-21-15-20(24-25-21)18-8-10-19(28)11-9-18/h8-11,15,17,28H,2-7,12-14H2,1H3,(H2,23,24,25,29). The fourth-order valence-electron chi connectivity index (χ4n) is 3.87. The van der Waals surface area contributed by atoms with Crippen LogP contribution in [0.3, 0.4) is 0 Å². The summed E-state index contributed by atoms with van der Waals surface area (Å²) in [5, 5.41) is 19.2. The van der Waals surface area contributed by atoms with Crippen LogP contribution in [0.4, 0.5) is 5.82 Å². The maximum atomic E-state index is 12.2. The van der Waals surface area contributed by atoms with Crippen molar-refractivity contribution in [3.63, 3.8) is 0 Å². The first kappa shape index (κ1) is 20.9. The second-order valence-electron chi connectivity index (χ2n) is 7.81. The van der Waals surface area contributed by atoms with E-state index in [2.05, 4.69) is 15.5 Å². The monoisotopic (exact) mass is 398 g/mol. The van der Waals surface area contributed by atoms with E-state index in [4.69, 9.17) is 0 Å². The number of carbonyl (C=O) groups excluding carboxylic acids is 2. The lowest BCUT2D eigenvalue weighted by molar-refractivity contribution is -0.128. The molecule has 0 radical (unpaired) electrons. The molecular formula is C22H30N4O3. The summed E-state index contributed by atoms with van der Waals surface area (Å²) in [5.74, 6) is 1.52. The number of benzene rings is 1. The van der Waals surface area contributed by atoms with E-state index in [-0.39, 0.29) is 17.6 Å². The largest absolute Gasteiger partial charge is 0.508 e. The molecule has 1 aliphatic heterocycles. The second kappa shape index (κ2) is 10.1. The summed E-state index contributed by atoms with van der Waals surface area (Å²) in [6.07, 6.45) is 6.79. The van der Waals surface area contributed by atoms with Crippen molar-refractivity contribution in [3.8, 4) is 17.0 Å². The van der Waals surface area contributed by atoms with Crippen molar-refractivity contribution in [1.29, 1.82) is 0 Å². The van der Waals surface area contributed by atoms with Gasteiger partial charge in [0.1, 0.15) is 5.75 Å². The van der Waals surface area contributed by atoms with E-state index >= 15 is 0 Å². The van der Waals surface area contributed by atoms with Crippen molar-refractivity contribution < 1.29 is 14.7 Å². The molecule has 2 aromatic rings. The third-order valence-corrected chi connectivity index (χ3v) is 5.58. The highest BCUT2D eigenvalue weighted by molar-refractivity contribution is 5.90. The van der Waals surface area contributed by atoms with Crippen LogP contribution in [0.1, 0.15) is 51.9 Å². The molecule has 0 bridgehead atoms. The molecule has 1 aliphatic rings. The van der Waals surface area contributed by atoms with E-state index in [0.29, 0.717) is 18.2 Å². The average Bonchev–Trinajstić information content (AvgIpc) is 3.02. The number of rotatable bonds is 7. The smallest absolute Gasteiger partial charge is 0.225 e. The van der Waals surface area contributed by atoms with Crippen LogP contribution in [0, 0.1) is 5.92 Å². The summed E-state index contributed by atoms with van der Waals surface area (Å²) < 4.78 is 0. The predicted molar refractivity (Wildman–Crippen MR) is 112 cm³/mol. The van der Waals surface area contributed by atoms with Crippen LogP contribution in [0.5, 0.6) is 5.75 Å². The van der Waals surface area contributed by atoms with Gasteiger partial charge in [0.05, 0.1) is 5.69 Å². The normalized spacial score (nSPS) is 17.0. The number of unbranched alkanes of at least 4 members (excludes halogenated alkanes) is 1. The molecule has 0 saturated carbocycles. The Morgan fingerprint density at radius 3 is 2.76 bits per heavy atom. The Morgan fingerprint density at radius 2 is 2.00 bits per heavy atom. The Balaban J connectivity index is 1.36. The third kappa shape index (κ3) is 6.34. The Morgan fingerprint density at radius 1 is 1.21 bits per heavy atom. The lowest BCUT2D eigenvalue weighted by Gasteiger charge is -2.18. The summed E-state index contributed by atoms with van der Waals surface area (Å²) >= 11 is 0. The molecule has 29 heavy (non-hydrogen) atoms. The van der Waals surface area contributed by atoms with E-state index in [9.17, 15) is 14.7 Å². The fourth-order valence-corrected chi connectivity index (χ4v) is 3.87. The molecule has 3 N–H and O–H groups in total. The van der Waals surface area contributed by atoms with Gasteiger partial charge >= 0.3 is 0 Å². The van der Waals surface area contributed by atoms with E-state index < -0.39 is 0 Å². The molecule has 0 aliphatic carbocycles. The van der Waals surface area contributed by atoms with Crippen LogP contribution < -0.4 is 5.32 Å². The SMILES string of the molecule is CC(=O)N1CCCC(CCCCC(=O)Nc2cc(-c3ccc(O)cc3)[nH]n2)CC1. The van der Waals surface area contributed by atoms with Gasteiger partial charge in [-0.25, -0.2) is 0 Å².